The maximum absolute atomic E-state index is 12.9. The number of halogens is 6. The van der Waals surface area contributed by atoms with Gasteiger partial charge >= 0.3 is 12.4 Å². The van der Waals surface area contributed by atoms with Crippen LogP contribution in [-0.2, 0) is 17.8 Å². The molecule has 0 radical (unpaired) electrons. The van der Waals surface area contributed by atoms with Crippen LogP contribution in [0.5, 0.6) is 0 Å². The van der Waals surface area contributed by atoms with Crippen molar-refractivity contribution in [2.45, 2.75) is 24.2 Å². The number of hydrogen-bond acceptors (Lipinski definition) is 2. The fraction of sp³-hybridized carbons (Fsp3) is 0.350. The van der Waals surface area contributed by atoms with Crippen molar-refractivity contribution in [1.29, 1.82) is 0 Å². The molecule has 1 fully saturated rings. The summed E-state index contributed by atoms with van der Waals surface area (Å²) >= 11 is 0. The van der Waals surface area contributed by atoms with E-state index in [2.05, 4.69) is 10.3 Å². The third-order valence-corrected chi connectivity index (χ3v) is 5.45. The van der Waals surface area contributed by atoms with E-state index in [0.717, 1.165) is 30.1 Å². The Labute approximate surface area is 157 Å². The second-order valence-electron chi connectivity index (χ2n) is 7.07. The summed E-state index contributed by atoms with van der Waals surface area (Å²) in [5.74, 6) is 0.670. The third kappa shape index (κ3) is 3.14. The molecule has 1 heterocycles. The highest BCUT2D eigenvalue weighted by Gasteiger charge is 2.59. The molecule has 1 saturated carbocycles. The van der Waals surface area contributed by atoms with Crippen LogP contribution in [0.1, 0.15) is 28.7 Å². The van der Waals surface area contributed by atoms with Crippen molar-refractivity contribution in [3.05, 3.63) is 70.8 Å². The molecular formula is C20H16F6N2. The predicted molar refractivity (Wildman–Crippen MR) is 92.1 cm³/mol. The van der Waals surface area contributed by atoms with Gasteiger partial charge in [-0.25, -0.2) is 0 Å². The number of hydrogen-bond donors (Lipinski definition) is 1. The summed E-state index contributed by atoms with van der Waals surface area (Å²) in [7, 11) is 0. The van der Waals surface area contributed by atoms with Gasteiger partial charge in [0, 0.05) is 17.9 Å². The maximum atomic E-state index is 12.9. The first-order valence-corrected chi connectivity index (χ1v) is 8.76. The largest absolute Gasteiger partial charge is 0.416 e. The second-order valence-corrected chi connectivity index (χ2v) is 7.07. The Balaban J connectivity index is 1.74. The third-order valence-electron chi connectivity index (χ3n) is 5.45. The smallest absolute Gasteiger partial charge is 0.372 e. The number of aliphatic imine (C=N–C) groups is 1. The summed E-state index contributed by atoms with van der Waals surface area (Å²) in [5.41, 5.74) is -0.909. The average Bonchev–Trinajstić information content (AvgIpc) is 3.16. The summed E-state index contributed by atoms with van der Waals surface area (Å²) in [6.07, 6.45) is -8.31. The zero-order valence-electron chi connectivity index (χ0n) is 14.5. The first-order valence-electron chi connectivity index (χ1n) is 8.76. The Morgan fingerprint density at radius 3 is 1.61 bits per heavy atom. The topological polar surface area (TPSA) is 24.4 Å². The number of benzene rings is 2. The van der Waals surface area contributed by atoms with Gasteiger partial charge in [-0.1, -0.05) is 24.3 Å². The van der Waals surface area contributed by atoms with Gasteiger partial charge in [0.1, 0.15) is 5.84 Å². The van der Waals surface area contributed by atoms with Crippen LogP contribution in [0.2, 0.25) is 0 Å². The number of nitrogens with one attached hydrogen (secondary N) is 1. The second kappa shape index (κ2) is 6.25. The molecule has 28 heavy (non-hydrogen) atoms. The highest BCUT2D eigenvalue weighted by Crippen LogP contribution is 2.59. The molecule has 2 aromatic carbocycles. The molecular weight excluding hydrogens is 382 g/mol. The lowest BCUT2D eigenvalue weighted by atomic mass is 9.84. The number of amidine groups is 1. The lowest BCUT2D eigenvalue weighted by Crippen LogP contribution is -2.26. The summed E-state index contributed by atoms with van der Waals surface area (Å²) < 4.78 is 77.4. The van der Waals surface area contributed by atoms with Crippen LogP contribution in [0.4, 0.5) is 26.3 Å². The van der Waals surface area contributed by atoms with Crippen LogP contribution in [0.3, 0.4) is 0 Å². The van der Waals surface area contributed by atoms with E-state index in [4.69, 9.17) is 0 Å². The molecule has 1 atom stereocenters. The van der Waals surface area contributed by atoms with Crippen molar-refractivity contribution in [2.24, 2.45) is 10.9 Å². The van der Waals surface area contributed by atoms with Crippen LogP contribution in [0, 0.1) is 5.92 Å². The molecule has 0 spiro atoms. The van der Waals surface area contributed by atoms with E-state index in [0.29, 0.717) is 30.6 Å². The lowest BCUT2D eigenvalue weighted by Gasteiger charge is -2.21. The SMILES string of the molecule is FC(F)(F)c1ccc(C2(c3ccc(C(F)(F)F)cc3)C[C@H]2C2=NCCN2)cc1. The minimum Gasteiger partial charge on any atom is -0.372 e. The lowest BCUT2D eigenvalue weighted by molar-refractivity contribution is -0.138. The number of nitrogens with zero attached hydrogens (tertiary/aromatic N) is 1. The van der Waals surface area contributed by atoms with Crippen molar-refractivity contribution in [2.75, 3.05) is 13.1 Å². The van der Waals surface area contributed by atoms with Crippen molar-refractivity contribution < 1.29 is 26.3 Å². The quantitative estimate of drug-likeness (QED) is 0.721. The van der Waals surface area contributed by atoms with E-state index in [-0.39, 0.29) is 5.92 Å². The highest BCUT2D eigenvalue weighted by molar-refractivity contribution is 5.91. The predicted octanol–water partition coefficient (Wildman–Crippen LogP) is 5.03. The van der Waals surface area contributed by atoms with Crippen LogP contribution in [-0.4, -0.2) is 18.9 Å². The molecule has 8 heteroatoms. The Kier molecular flexibility index (Phi) is 4.21. The van der Waals surface area contributed by atoms with Gasteiger partial charge < -0.3 is 5.32 Å². The van der Waals surface area contributed by atoms with Crippen LogP contribution in [0.25, 0.3) is 0 Å². The Morgan fingerprint density at radius 1 is 0.786 bits per heavy atom. The Morgan fingerprint density at radius 2 is 1.25 bits per heavy atom. The summed E-state index contributed by atoms with van der Waals surface area (Å²) in [6.45, 7) is 1.30. The zero-order valence-corrected chi connectivity index (χ0v) is 14.5. The van der Waals surface area contributed by atoms with Gasteiger partial charge in [0.25, 0.3) is 0 Å². The van der Waals surface area contributed by atoms with E-state index < -0.39 is 28.9 Å². The molecule has 2 aromatic rings. The van der Waals surface area contributed by atoms with E-state index in [1.807, 2.05) is 0 Å². The van der Waals surface area contributed by atoms with Gasteiger partial charge in [-0.2, -0.15) is 26.3 Å². The minimum absolute atomic E-state index is 0.0940. The molecule has 1 aliphatic carbocycles. The normalized spacial score (nSPS) is 21.2. The monoisotopic (exact) mass is 398 g/mol. The number of alkyl halides is 6. The molecule has 0 amide bonds. The van der Waals surface area contributed by atoms with Gasteiger partial charge in [-0.15, -0.1) is 0 Å². The van der Waals surface area contributed by atoms with Crippen LogP contribution >= 0.6 is 0 Å². The van der Waals surface area contributed by atoms with Gasteiger partial charge in [0.15, 0.2) is 0 Å². The fourth-order valence-corrected chi connectivity index (χ4v) is 3.96. The molecule has 2 nitrogen and oxygen atoms in total. The number of rotatable bonds is 3. The first kappa shape index (κ1) is 18.8. The molecule has 1 aliphatic heterocycles. The highest BCUT2D eigenvalue weighted by atomic mass is 19.4. The molecule has 0 bridgehead atoms. The van der Waals surface area contributed by atoms with E-state index in [1.54, 1.807) is 0 Å². The zero-order chi connectivity index (χ0) is 20.2. The molecule has 0 unspecified atom stereocenters. The van der Waals surface area contributed by atoms with Crippen molar-refractivity contribution in [3.63, 3.8) is 0 Å². The van der Waals surface area contributed by atoms with E-state index >= 15 is 0 Å². The molecule has 148 valence electrons. The first-order chi connectivity index (χ1) is 13.1. The van der Waals surface area contributed by atoms with Crippen LogP contribution in [0.15, 0.2) is 53.5 Å². The van der Waals surface area contributed by atoms with Crippen molar-refractivity contribution in [1.82, 2.24) is 5.32 Å². The van der Waals surface area contributed by atoms with Gasteiger partial charge in [-0.05, 0) is 41.8 Å². The summed E-state index contributed by atoms with van der Waals surface area (Å²) in [6, 6.07) is 9.71. The Hall–Kier alpha value is -2.51. The maximum Gasteiger partial charge on any atom is 0.416 e. The molecule has 0 saturated heterocycles. The standard InChI is InChI=1S/C20H16F6N2/c21-19(22,23)14-5-1-12(2-6-14)18(11-16(18)17-27-9-10-28-17)13-3-7-15(8-4-13)20(24,25)26/h1-8,16H,9-11H2,(H,27,28)/t16-/m0/s1. The molecule has 0 aromatic heterocycles. The van der Waals surface area contributed by atoms with Crippen molar-refractivity contribution in [3.8, 4) is 0 Å². The summed E-state index contributed by atoms with van der Waals surface area (Å²) in [5, 5.41) is 3.17. The van der Waals surface area contributed by atoms with E-state index in [1.165, 1.54) is 24.3 Å². The average molecular weight is 398 g/mol. The van der Waals surface area contributed by atoms with Gasteiger partial charge in [0.2, 0.25) is 0 Å². The minimum atomic E-state index is -4.44. The molecule has 2 aliphatic rings. The fourth-order valence-electron chi connectivity index (χ4n) is 3.96. The van der Waals surface area contributed by atoms with Gasteiger partial charge in [-0.3, -0.25) is 4.99 Å². The molecule has 4 rings (SSSR count). The van der Waals surface area contributed by atoms with Crippen LogP contribution < -0.4 is 5.32 Å². The molecule has 1 N–H and O–H groups in total. The van der Waals surface area contributed by atoms with Crippen molar-refractivity contribution >= 4 is 5.84 Å². The van der Waals surface area contributed by atoms with Gasteiger partial charge in [0.05, 0.1) is 17.7 Å². The summed E-state index contributed by atoms with van der Waals surface area (Å²) in [4.78, 5) is 4.40. The Bertz CT molecular complexity index is 837. The van der Waals surface area contributed by atoms with E-state index in [9.17, 15) is 26.3 Å².